The molecule has 208 valence electrons. The van der Waals surface area contributed by atoms with E-state index in [2.05, 4.69) is 43.9 Å². The van der Waals surface area contributed by atoms with Crippen LogP contribution in [0.15, 0.2) is 72.4 Å². The van der Waals surface area contributed by atoms with E-state index in [9.17, 15) is 0 Å². The zero-order valence-electron chi connectivity index (χ0n) is 23.3. The minimum Gasteiger partial charge on any atom is -0.493 e. The smallest absolute Gasteiger partial charge is 0.140 e. The number of aryl methyl sites for hydroxylation is 1. The molecule has 0 spiro atoms. The Bertz CT molecular complexity index is 1460. The normalized spacial score (nSPS) is 16.7. The predicted molar refractivity (Wildman–Crippen MR) is 161 cm³/mol. The Balaban J connectivity index is 0.000000210. The van der Waals surface area contributed by atoms with Crippen LogP contribution in [0.1, 0.15) is 36.8 Å². The van der Waals surface area contributed by atoms with Crippen molar-refractivity contribution in [3.63, 3.8) is 0 Å². The third-order valence-corrected chi connectivity index (χ3v) is 7.47. The van der Waals surface area contributed by atoms with Crippen molar-refractivity contribution in [3.05, 3.63) is 78.5 Å². The number of allylic oxidation sites excluding steroid dienone is 1. The molecule has 0 amide bonds. The molecule has 1 aliphatic heterocycles. The van der Waals surface area contributed by atoms with Gasteiger partial charge in [-0.1, -0.05) is 29.8 Å². The molecule has 0 bridgehead atoms. The maximum Gasteiger partial charge on any atom is 0.140 e. The minimum atomic E-state index is 0.447. The number of ether oxygens (including phenoxy) is 1. The Morgan fingerprint density at radius 3 is 2.50 bits per heavy atom. The van der Waals surface area contributed by atoms with Crippen LogP contribution in [0.4, 0.5) is 5.82 Å². The van der Waals surface area contributed by atoms with E-state index in [4.69, 9.17) is 16.2 Å². The molecule has 1 aromatic carbocycles. The fourth-order valence-corrected chi connectivity index (χ4v) is 4.99. The summed E-state index contributed by atoms with van der Waals surface area (Å²) in [5, 5.41) is 0. The molecule has 4 N–H and O–H groups in total. The number of nitrogen functional groups attached to an aromatic ring is 1. The van der Waals surface area contributed by atoms with Gasteiger partial charge in [0.25, 0.3) is 0 Å². The number of hydrogen-bond donors (Lipinski definition) is 2. The maximum absolute atomic E-state index is 6.08. The number of piperidine rings is 1. The maximum atomic E-state index is 6.08. The molecule has 0 atom stereocenters. The van der Waals surface area contributed by atoms with Crippen LogP contribution in [0.25, 0.3) is 22.6 Å². The third-order valence-electron chi connectivity index (χ3n) is 7.47. The van der Waals surface area contributed by atoms with E-state index >= 15 is 0 Å². The average molecular weight is 539 g/mol. The highest BCUT2D eigenvalue weighted by Crippen LogP contribution is 2.31. The van der Waals surface area contributed by atoms with Crippen molar-refractivity contribution in [3.8, 4) is 17.1 Å². The molecular formula is C31H38N8O. The molecule has 9 nitrogen and oxygen atoms in total. The lowest BCUT2D eigenvalue weighted by Crippen LogP contribution is -2.36. The third kappa shape index (κ3) is 6.84. The van der Waals surface area contributed by atoms with Gasteiger partial charge in [0.05, 0.1) is 24.2 Å². The van der Waals surface area contributed by atoms with E-state index in [0.29, 0.717) is 11.7 Å². The monoisotopic (exact) mass is 538 g/mol. The van der Waals surface area contributed by atoms with Gasteiger partial charge in [-0.3, -0.25) is 9.39 Å². The van der Waals surface area contributed by atoms with Gasteiger partial charge in [-0.2, -0.15) is 0 Å². The van der Waals surface area contributed by atoms with Crippen molar-refractivity contribution in [2.75, 3.05) is 32.5 Å². The van der Waals surface area contributed by atoms with Crippen LogP contribution in [0.2, 0.25) is 0 Å². The van der Waals surface area contributed by atoms with Crippen LogP contribution in [-0.4, -0.2) is 63.3 Å². The second-order valence-corrected chi connectivity index (χ2v) is 10.5. The number of fused-ring (bicyclic) bond motifs is 1. The van der Waals surface area contributed by atoms with Crippen LogP contribution < -0.4 is 16.2 Å². The average Bonchev–Trinajstić information content (AvgIpc) is 3.75. The number of anilines is 1. The molecule has 4 aromatic rings. The largest absolute Gasteiger partial charge is 0.493 e. The van der Waals surface area contributed by atoms with Crippen molar-refractivity contribution in [2.24, 2.45) is 16.6 Å². The summed E-state index contributed by atoms with van der Waals surface area (Å²) in [4.78, 5) is 19.3. The summed E-state index contributed by atoms with van der Waals surface area (Å²) in [5.74, 6) is 1.96. The number of aromatic nitrogens is 4. The summed E-state index contributed by atoms with van der Waals surface area (Å²) < 4.78 is 8.07. The summed E-state index contributed by atoms with van der Waals surface area (Å²) in [5.41, 5.74) is 17.0. The van der Waals surface area contributed by atoms with Crippen LogP contribution in [-0.2, 0) is 0 Å². The Hall–Kier alpha value is -4.24. The fourth-order valence-electron chi connectivity index (χ4n) is 4.99. The first-order valence-corrected chi connectivity index (χ1v) is 13.9. The standard InChI is InChI=1S/C20H24N6O.C11H14N2/c21-19-10-17(23-13-24-19)18-11-22-20-9-16(5-8-26(18)20)27-12-14-3-6-25(7-4-14)15-1-2-15;1-9-3-5-10(6-4-9)11(7-12)8-13-2/h5,8-11,13-15H,1-4,6-7,12H2,(H2,21,23,24);3-8H,12H2,1-2H3/b;11-7+,13-8?. The highest BCUT2D eigenvalue weighted by Gasteiger charge is 2.31. The van der Waals surface area contributed by atoms with Crippen molar-refractivity contribution in [2.45, 2.75) is 38.6 Å². The Kier molecular flexibility index (Phi) is 8.71. The topological polar surface area (TPSA) is 120 Å². The fraction of sp³-hybridized carbons (Fsp3) is 0.355. The van der Waals surface area contributed by atoms with Crippen molar-refractivity contribution in [1.82, 2.24) is 24.3 Å². The summed E-state index contributed by atoms with van der Waals surface area (Å²) in [6.07, 6.45) is 13.8. The minimum absolute atomic E-state index is 0.447. The SMILES string of the molecule is CN=C/C(=C\N)c1ccc(C)cc1.Nc1cc(-c2cnc3cc(OCC4CCN(C5CC5)CC4)ccn23)ncn1. The van der Waals surface area contributed by atoms with Crippen LogP contribution in [0, 0.1) is 12.8 Å². The Morgan fingerprint density at radius 2 is 1.82 bits per heavy atom. The second-order valence-electron chi connectivity index (χ2n) is 10.5. The number of nitrogens with two attached hydrogens (primary N) is 2. The second kappa shape index (κ2) is 12.7. The molecule has 6 rings (SSSR count). The molecule has 1 saturated heterocycles. The molecule has 0 unspecified atom stereocenters. The summed E-state index contributed by atoms with van der Waals surface area (Å²) in [7, 11) is 1.73. The van der Waals surface area contributed by atoms with Crippen LogP contribution >= 0.6 is 0 Å². The zero-order chi connectivity index (χ0) is 27.9. The van der Waals surface area contributed by atoms with Gasteiger partial charge in [-0.15, -0.1) is 0 Å². The lowest BCUT2D eigenvalue weighted by molar-refractivity contribution is 0.136. The van der Waals surface area contributed by atoms with Crippen LogP contribution in [0.3, 0.4) is 0 Å². The first-order chi connectivity index (χ1) is 19.5. The van der Waals surface area contributed by atoms with Gasteiger partial charge < -0.3 is 21.1 Å². The number of aliphatic imine (C=N–C) groups is 1. The summed E-state index contributed by atoms with van der Waals surface area (Å²) in [6.45, 7) is 5.29. The number of rotatable bonds is 7. The number of likely N-dealkylation sites (tertiary alicyclic amines) is 1. The van der Waals surface area contributed by atoms with E-state index in [1.54, 1.807) is 31.7 Å². The van der Waals surface area contributed by atoms with Crippen molar-refractivity contribution in [1.29, 1.82) is 0 Å². The van der Waals surface area contributed by atoms with Crippen molar-refractivity contribution >= 4 is 23.3 Å². The van der Waals surface area contributed by atoms with Gasteiger partial charge in [-0.25, -0.2) is 15.0 Å². The zero-order valence-corrected chi connectivity index (χ0v) is 23.3. The summed E-state index contributed by atoms with van der Waals surface area (Å²) in [6, 6.07) is 14.8. The van der Waals surface area contributed by atoms with Gasteiger partial charge in [0.15, 0.2) is 0 Å². The quantitative estimate of drug-likeness (QED) is 0.329. The lowest BCUT2D eigenvalue weighted by atomic mass is 9.98. The van der Waals surface area contributed by atoms with Gasteiger partial charge >= 0.3 is 0 Å². The van der Waals surface area contributed by atoms with Gasteiger partial charge in [-0.05, 0) is 63.2 Å². The molecule has 40 heavy (non-hydrogen) atoms. The molecule has 3 aromatic heterocycles. The number of pyridine rings is 1. The van der Waals surface area contributed by atoms with Crippen LogP contribution in [0.5, 0.6) is 5.75 Å². The van der Waals surface area contributed by atoms with Gasteiger partial charge in [0.1, 0.15) is 23.5 Å². The molecule has 1 aliphatic carbocycles. The number of benzene rings is 1. The molecule has 2 fully saturated rings. The molecule has 0 radical (unpaired) electrons. The first-order valence-electron chi connectivity index (χ1n) is 13.9. The van der Waals surface area contributed by atoms with E-state index in [1.165, 1.54) is 50.7 Å². The molecule has 9 heteroatoms. The molecule has 4 heterocycles. The highest BCUT2D eigenvalue weighted by molar-refractivity contribution is 6.09. The predicted octanol–water partition coefficient (Wildman–Crippen LogP) is 4.62. The Morgan fingerprint density at radius 1 is 1.05 bits per heavy atom. The Labute approximate surface area is 235 Å². The lowest BCUT2D eigenvalue weighted by Gasteiger charge is -2.31. The van der Waals surface area contributed by atoms with E-state index < -0.39 is 0 Å². The number of imidazole rings is 1. The summed E-state index contributed by atoms with van der Waals surface area (Å²) >= 11 is 0. The first kappa shape index (κ1) is 27.3. The van der Waals surface area contributed by atoms with E-state index in [-0.39, 0.29) is 0 Å². The molecular weight excluding hydrogens is 500 g/mol. The molecule has 2 aliphatic rings. The highest BCUT2D eigenvalue weighted by atomic mass is 16.5. The molecule has 1 saturated carbocycles. The van der Waals surface area contributed by atoms with Gasteiger partial charge in [0, 0.05) is 49.4 Å². The van der Waals surface area contributed by atoms with Crippen molar-refractivity contribution < 1.29 is 4.74 Å². The number of nitrogens with zero attached hydrogens (tertiary/aromatic N) is 6. The van der Waals surface area contributed by atoms with E-state index in [0.717, 1.165) is 46.6 Å². The number of hydrogen-bond acceptors (Lipinski definition) is 8. The van der Waals surface area contributed by atoms with Gasteiger partial charge in [0.2, 0.25) is 0 Å². The van der Waals surface area contributed by atoms with E-state index in [1.807, 2.05) is 34.9 Å².